The van der Waals surface area contributed by atoms with Gasteiger partial charge in [-0.1, -0.05) is 25.8 Å². The van der Waals surface area contributed by atoms with Crippen molar-refractivity contribution in [1.29, 1.82) is 0 Å². The van der Waals surface area contributed by atoms with Crippen molar-refractivity contribution in [1.82, 2.24) is 5.32 Å². The van der Waals surface area contributed by atoms with Crippen LogP contribution in [0.4, 0.5) is 0 Å². The van der Waals surface area contributed by atoms with Gasteiger partial charge in [0.25, 0.3) is 0 Å². The van der Waals surface area contributed by atoms with Gasteiger partial charge in [-0.15, -0.1) is 0 Å². The lowest BCUT2D eigenvalue weighted by molar-refractivity contribution is 0.104. The van der Waals surface area contributed by atoms with Crippen LogP contribution < -0.4 is 10.1 Å². The molecule has 19 heavy (non-hydrogen) atoms. The zero-order chi connectivity index (χ0) is 21.8. The zero-order valence-electron chi connectivity index (χ0n) is 19.8. The van der Waals surface area contributed by atoms with Crippen LogP contribution in [-0.4, -0.2) is 44.0 Å². The van der Waals surface area contributed by atoms with E-state index in [9.17, 15) is 5.11 Å². The molecule has 0 saturated heterocycles. The average molecular weight is 276 g/mol. The fourth-order valence-electron chi connectivity index (χ4n) is 1.32. The Balaban J connectivity index is 2.80. The molecule has 0 heterocycles. The lowest BCUT2D eigenvalue weighted by Crippen LogP contribution is -2.35. The molecule has 1 aromatic carbocycles. The second kappa shape index (κ2) is 8.91. The number of hydrogen-bond donors (Lipinski definition) is 2. The first kappa shape index (κ1) is 7.07. The van der Waals surface area contributed by atoms with Crippen molar-refractivity contribution in [3.63, 3.8) is 0 Å². The summed E-state index contributed by atoms with van der Waals surface area (Å²) < 4.78 is 77.4. The second-order valence-electron chi connectivity index (χ2n) is 3.88. The van der Waals surface area contributed by atoms with Gasteiger partial charge >= 0.3 is 0 Å². The maximum atomic E-state index is 10.1. The van der Waals surface area contributed by atoms with Crippen LogP contribution in [0.15, 0.2) is 24.3 Å². The third kappa shape index (κ3) is 7.15. The predicted molar refractivity (Wildman–Crippen MR) is 76.7 cm³/mol. The molecular weight excluding hydrogens is 242 g/mol. The van der Waals surface area contributed by atoms with Gasteiger partial charge in [0.05, 0.1) is 9.35 Å². The van der Waals surface area contributed by atoms with E-state index in [4.69, 9.17) is 21.8 Å². The van der Waals surface area contributed by atoms with Crippen LogP contribution in [0.5, 0.6) is 5.75 Å². The molecule has 2 N–H and O–H groups in total. The highest BCUT2D eigenvalue weighted by Crippen LogP contribution is 2.12. The van der Waals surface area contributed by atoms with Crippen molar-refractivity contribution in [3.8, 4) is 5.75 Å². The van der Waals surface area contributed by atoms with E-state index in [1.807, 2.05) is 5.32 Å². The lowest BCUT2D eigenvalue weighted by Gasteiger charge is -2.15. The van der Waals surface area contributed by atoms with Crippen LogP contribution in [0.3, 0.4) is 0 Å². The van der Waals surface area contributed by atoms with E-state index in [0.717, 1.165) is 5.56 Å². The number of rotatable bonds is 9. The van der Waals surface area contributed by atoms with Gasteiger partial charge in [-0.05, 0) is 24.1 Å². The minimum atomic E-state index is -3.23. The fraction of sp³-hybridized carbons (Fsp3) is 0.600. The van der Waals surface area contributed by atoms with Gasteiger partial charge in [-0.25, -0.2) is 0 Å². The molecule has 0 spiro atoms. The number of nitrogens with one attached hydrogen (secondary N) is 1. The molecule has 0 radical (unpaired) electrons. The van der Waals surface area contributed by atoms with E-state index in [-0.39, 0.29) is 5.75 Å². The van der Waals surface area contributed by atoms with Crippen molar-refractivity contribution in [2.75, 3.05) is 26.8 Å². The number of aliphatic hydroxyl groups is 1. The molecule has 0 aromatic heterocycles. The highest BCUT2D eigenvalue weighted by atomic mass is 16.5. The standard InChI is InChI=1S/C15H25NO3/c1-12(2)16-10-14(17)11-19-15-6-4-13(5-7-15)8-9-18-3/h4-7,12,14,16-17H,8-11H2,1-3H3/i1D3,2D3,11D2,12D. The molecule has 1 aromatic rings. The Morgan fingerprint density at radius 2 is 2.16 bits per heavy atom. The molecule has 1 rings (SSSR count). The van der Waals surface area contributed by atoms with E-state index in [0.29, 0.717) is 13.0 Å². The molecule has 0 fully saturated rings. The first-order valence-corrected chi connectivity index (χ1v) is 5.84. The van der Waals surface area contributed by atoms with Crippen molar-refractivity contribution < 1.29 is 26.9 Å². The highest BCUT2D eigenvalue weighted by molar-refractivity contribution is 5.27. The molecule has 0 amide bonds. The highest BCUT2D eigenvalue weighted by Gasteiger charge is 2.05. The van der Waals surface area contributed by atoms with E-state index in [1.165, 1.54) is 12.1 Å². The van der Waals surface area contributed by atoms with Crippen molar-refractivity contribution in [3.05, 3.63) is 29.8 Å². The lowest BCUT2D eigenvalue weighted by atomic mass is 10.1. The molecule has 108 valence electrons. The number of ether oxygens (including phenoxy) is 2. The third-order valence-electron chi connectivity index (χ3n) is 2.30. The summed E-state index contributed by atoms with van der Waals surface area (Å²) in [6, 6.07) is 3.34. The normalized spacial score (nSPS) is 22.3. The minimum absolute atomic E-state index is 0.119. The van der Waals surface area contributed by atoms with Crippen LogP contribution in [0.1, 0.15) is 31.6 Å². The molecule has 0 aliphatic rings. The quantitative estimate of drug-likeness (QED) is 0.719. The predicted octanol–water partition coefficient (Wildman–Crippen LogP) is 1.61. The van der Waals surface area contributed by atoms with E-state index in [2.05, 4.69) is 0 Å². The molecule has 0 saturated carbocycles. The summed E-state index contributed by atoms with van der Waals surface area (Å²) in [6.45, 7) is -9.43. The van der Waals surface area contributed by atoms with Crippen LogP contribution in [0.2, 0.25) is 0 Å². The van der Waals surface area contributed by atoms with Gasteiger partial charge in [0.1, 0.15) is 18.4 Å². The summed E-state index contributed by atoms with van der Waals surface area (Å²) in [5.41, 5.74) is 0.936. The summed E-state index contributed by atoms with van der Waals surface area (Å²) in [7, 11) is 1.57. The van der Waals surface area contributed by atoms with E-state index in [1.54, 1.807) is 19.2 Å². The molecule has 1 atom stereocenters. The van der Waals surface area contributed by atoms with E-state index >= 15 is 0 Å². The molecule has 4 heteroatoms. The van der Waals surface area contributed by atoms with Crippen LogP contribution >= 0.6 is 0 Å². The van der Waals surface area contributed by atoms with Gasteiger partial charge in [0.15, 0.2) is 0 Å². The number of hydrogen-bond acceptors (Lipinski definition) is 4. The topological polar surface area (TPSA) is 50.7 Å². The Labute approximate surface area is 128 Å². The number of methoxy groups -OCH3 is 1. The third-order valence-corrected chi connectivity index (χ3v) is 2.30. The Bertz CT molecular complexity index is 603. The smallest absolute Gasteiger partial charge is 0.119 e. The second-order valence-corrected chi connectivity index (χ2v) is 3.88. The van der Waals surface area contributed by atoms with Crippen LogP contribution in [0.25, 0.3) is 0 Å². The molecule has 1 unspecified atom stereocenters. The Morgan fingerprint density at radius 3 is 2.79 bits per heavy atom. The maximum Gasteiger partial charge on any atom is 0.119 e. The molecular formula is C15H25NO3. The Morgan fingerprint density at radius 1 is 1.42 bits per heavy atom. The monoisotopic (exact) mass is 276 g/mol. The number of benzene rings is 1. The summed E-state index contributed by atoms with van der Waals surface area (Å²) in [5.74, 6) is 0.119. The largest absolute Gasteiger partial charge is 0.491 e. The van der Waals surface area contributed by atoms with Gasteiger partial charge in [0.2, 0.25) is 0 Å². The van der Waals surface area contributed by atoms with Gasteiger partial charge < -0.3 is 19.9 Å². The van der Waals surface area contributed by atoms with Crippen LogP contribution in [-0.2, 0) is 11.2 Å². The summed E-state index contributed by atoms with van der Waals surface area (Å²) in [5, 5.41) is 12.0. The van der Waals surface area contributed by atoms with Crippen molar-refractivity contribution in [2.45, 2.75) is 32.2 Å². The SMILES string of the molecule is [2H]C([2H])(Oc1ccc(CCOC)cc1)C(O)CNC([2H])(C([2H])([2H])[2H])C([2H])([2H])[2H]. The van der Waals surface area contributed by atoms with Gasteiger partial charge in [0, 0.05) is 29.3 Å². The fourth-order valence-corrected chi connectivity index (χ4v) is 1.32. The summed E-state index contributed by atoms with van der Waals surface area (Å²) >= 11 is 0. The Hall–Kier alpha value is -1.10. The minimum Gasteiger partial charge on any atom is -0.491 e. The molecule has 4 nitrogen and oxygen atoms in total. The Kier molecular flexibility index (Phi) is 3.31. The maximum absolute atomic E-state index is 10.1. The number of aliphatic hydroxyl groups excluding tert-OH is 1. The van der Waals surface area contributed by atoms with Crippen LogP contribution in [0, 0.1) is 0 Å². The van der Waals surface area contributed by atoms with Gasteiger partial charge in [-0.3, -0.25) is 0 Å². The molecule has 0 aliphatic heterocycles. The zero-order valence-corrected chi connectivity index (χ0v) is 10.8. The average Bonchev–Trinajstić information content (AvgIpc) is 2.56. The van der Waals surface area contributed by atoms with Crippen molar-refractivity contribution in [2.24, 2.45) is 0 Å². The summed E-state index contributed by atoms with van der Waals surface area (Å²) in [4.78, 5) is 0. The summed E-state index contributed by atoms with van der Waals surface area (Å²) in [6.07, 6.45) is -1.28. The van der Waals surface area contributed by atoms with Crippen molar-refractivity contribution >= 4 is 0 Å². The first-order valence-electron chi connectivity index (χ1n) is 10.3. The first-order chi connectivity index (χ1) is 12.6. The molecule has 0 aliphatic carbocycles. The van der Waals surface area contributed by atoms with Gasteiger partial charge in [-0.2, -0.15) is 0 Å². The molecule has 0 bridgehead atoms. The van der Waals surface area contributed by atoms with E-state index < -0.39 is 38.9 Å².